The van der Waals surface area contributed by atoms with Crippen LogP contribution in [0.25, 0.3) is 11.0 Å². The van der Waals surface area contributed by atoms with E-state index in [1.165, 1.54) is 0 Å². The van der Waals surface area contributed by atoms with Gasteiger partial charge < -0.3 is 14.8 Å². The molecular formula is C15H22N2O2. The molecule has 2 N–H and O–H groups in total. The van der Waals surface area contributed by atoms with E-state index in [0.717, 1.165) is 29.8 Å². The molecule has 104 valence electrons. The number of aliphatic hydroxyl groups is 2. The first-order valence-corrected chi connectivity index (χ1v) is 6.97. The lowest BCUT2D eigenvalue weighted by molar-refractivity contribution is 0.0134. The Balaban J connectivity index is 2.24. The third-order valence-corrected chi connectivity index (χ3v) is 3.47. The summed E-state index contributed by atoms with van der Waals surface area (Å²) in [6.45, 7) is 4.87. The van der Waals surface area contributed by atoms with Crippen LogP contribution in [-0.4, -0.2) is 32.0 Å². The molecule has 2 unspecified atom stereocenters. The molecule has 0 saturated carbocycles. The zero-order chi connectivity index (χ0) is 13.8. The fourth-order valence-electron chi connectivity index (χ4n) is 2.45. The Hall–Kier alpha value is -1.39. The van der Waals surface area contributed by atoms with Gasteiger partial charge in [0.1, 0.15) is 5.82 Å². The molecule has 0 amide bonds. The molecular weight excluding hydrogens is 240 g/mol. The van der Waals surface area contributed by atoms with Crippen LogP contribution in [0.1, 0.15) is 32.5 Å². The van der Waals surface area contributed by atoms with E-state index < -0.39 is 12.2 Å². The maximum atomic E-state index is 10.0. The Morgan fingerprint density at radius 3 is 2.58 bits per heavy atom. The Morgan fingerprint density at radius 1 is 1.16 bits per heavy atom. The van der Waals surface area contributed by atoms with Gasteiger partial charge in [-0.2, -0.15) is 0 Å². The number of hydrogen-bond donors (Lipinski definition) is 2. The summed E-state index contributed by atoms with van der Waals surface area (Å²) < 4.78 is 2.09. The van der Waals surface area contributed by atoms with Crippen molar-refractivity contribution in [2.24, 2.45) is 0 Å². The summed E-state index contributed by atoms with van der Waals surface area (Å²) in [7, 11) is 0. The first-order valence-electron chi connectivity index (χ1n) is 6.97. The fraction of sp³-hybridized carbons (Fsp3) is 0.533. The fourth-order valence-corrected chi connectivity index (χ4v) is 2.45. The normalized spacial score (nSPS) is 14.7. The largest absolute Gasteiger partial charge is 0.390 e. The molecule has 1 aromatic heterocycles. The van der Waals surface area contributed by atoms with Gasteiger partial charge in [-0.1, -0.05) is 25.5 Å². The number of fused-ring (bicyclic) bond motifs is 1. The molecule has 2 aromatic rings. The van der Waals surface area contributed by atoms with E-state index in [1.807, 2.05) is 31.2 Å². The van der Waals surface area contributed by atoms with Gasteiger partial charge in [-0.3, -0.25) is 0 Å². The molecule has 0 saturated heterocycles. The lowest BCUT2D eigenvalue weighted by Gasteiger charge is -2.17. The average molecular weight is 262 g/mol. The number of aryl methyl sites for hydroxylation is 1. The quantitative estimate of drug-likeness (QED) is 0.838. The van der Waals surface area contributed by atoms with Crippen LogP contribution in [0.15, 0.2) is 24.3 Å². The molecule has 4 nitrogen and oxygen atoms in total. The van der Waals surface area contributed by atoms with Crippen molar-refractivity contribution in [2.75, 3.05) is 0 Å². The van der Waals surface area contributed by atoms with Crippen molar-refractivity contribution >= 4 is 11.0 Å². The Kier molecular flexibility index (Phi) is 4.56. The molecule has 0 bridgehead atoms. The first kappa shape index (κ1) is 14.0. The van der Waals surface area contributed by atoms with Crippen molar-refractivity contribution in [1.29, 1.82) is 0 Å². The van der Waals surface area contributed by atoms with Gasteiger partial charge in [0.05, 0.1) is 23.2 Å². The van der Waals surface area contributed by atoms with Crippen LogP contribution >= 0.6 is 0 Å². The smallest absolute Gasteiger partial charge is 0.112 e. The van der Waals surface area contributed by atoms with Gasteiger partial charge in [0, 0.05) is 13.0 Å². The lowest BCUT2D eigenvalue weighted by atomic mass is 10.1. The molecule has 19 heavy (non-hydrogen) atoms. The zero-order valence-electron chi connectivity index (χ0n) is 11.6. The second kappa shape index (κ2) is 6.17. The van der Waals surface area contributed by atoms with Crippen LogP contribution in [0.2, 0.25) is 0 Å². The van der Waals surface area contributed by atoms with E-state index in [4.69, 9.17) is 0 Å². The van der Waals surface area contributed by atoms with E-state index in [1.54, 1.807) is 0 Å². The zero-order valence-corrected chi connectivity index (χ0v) is 11.6. The van der Waals surface area contributed by atoms with Gasteiger partial charge in [-0.25, -0.2) is 4.98 Å². The molecule has 0 aliphatic rings. The highest BCUT2D eigenvalue weighted by Gasteiger charge is 2.19. The molecule has 0 spiro atoms. The third-order valence-electron chi connectivity index (χ3n) is 3.47. The number of imidazole rings is 1. The highest BCUT2D eigenvalue weighted by atomic mass is 16.3. The number of benzene rings is 1. The van der Waals surface area contributed by atoms with E-state index in [0.29, 0.717) is 12.8 Å². The highest BCUT2D eigenvalue weighted by Crippen LogP contribution is 2.18. The number of nitrogens with zero attached hydrogens (tertiary/aromatic N) is 2. The minimum Gasteiger partial charge on any atom is -0.390 e. The van der Waals surface area contributed by atoms with Crippen LogP contribution < -0.4 is 0 Å². The second-order valence-electron chi connectivity index (χ2n) is 4.89. The van der Waals surface area contributed by atoms with E-state index >= 15 is 0 Å². The summed E-state index contributed by atoms with van der Waals surface area (Å²) in [6, 6.07) is 7.95. The SMILES string of the molecule is CCCC(O)C(O)Cc1nc2ccccc2n1CC. The van der Waals surface area contributed by atoms with Crippen LogP contribution in [0, 0.1) is 0 Å². The molecule has 2 atom stereocenters. The van der Waals surface area contributed by atoms with Crippen molar-refractivity contribution in [1.82, 2.24) is 9.55 Å². The standard InChI is InChI=1S/C15H22N2O2/c1-3-7-13(18)14(19)10-15-16-11-8-5-6-9-12(11)17(15)4-2/h5-6,8-9,13-14,18-19H,3-4,7,10H2,1-2H3. The van der Waals surface area contributed by atoms with E-state index in [2.05, 4.69) is 16.5 Å². The van der Waals surface area contributed by atoms with Crippen LogP contribution in [0.4, 0.5) is 0 Å². The van der Waals surface area contributed by atoms with Gasteiger partial charge in [0.25, 0.3) is 0 Å². The Labute approximate surface area is 113 Å². The minimum absolute atomic E-state index is 0.393. The molecule has 0 aliphatic heterocycles. The van der Waals surface area contributed by atoms with Gasteiger partial charge in [0.2, 0.25) is 0 Å². The number of rotatable bonds is 6. The molecule has 2 rings (SSSR count). The van der Waals surface area contributed by atoms with Crippen molar-refractivity contribution in [3.05, 3.63) is 30.1 Å². The topological polar surface area (TPSA) is 58.3 Å². The van der Waals surface area contributed by atoms with Crippen molar-refractivity contribution in [2.45, 2.75) is 51.9 Å². The highest BCUT2D eigenvalue weighted by molar-refractivity contribution is 5.75. The van der Waals surface area contributed by atoms with Gasteiger partial charge in [-0.15, -0.1) is 0 Å². The maximum Gasteiger partial charge on any atom is 0.112 e. The van der Waals surface area contributed by atoms with E-state index in [-0.39, 0.29) is 0 Å². The predicted octanol–water partition coefficient (Wildman–Crippen LogP) is 2.12. The van der Waals surface area contributed by atoms with Crippen LogP contribution in [0.5, 0.6) is 0 Å². The molecule has 1 aromatic carbocycles. The summed E-state index contributed by atoms with van der Waals surface area (Å²) in [5.74, 6) is 0.839. The maximum absolute atomic E-state index is 10.0. The molecule has 0 aliphatic carbocycles. The molecule has 0 fully saturated rings. The molecule has 4 heteroatoms. The first-order chi connectivity index (χ1) is 9.17. The second-order valence-corrected chi connectivity index (χ2v) is 4.89. The number of aromatic nitrogens is 2. The van der Waals surface area contributed by atoms with Gasteiger partial charge in [-0.05, 0) is 25.5 Å². The number of hydrogen-bond acceptors (Lipinski definition) is 3. The molecule has 1 heterocycles. The summed E-state index contributed by atoms with van der Waals surface area (Å²) in [4.78, 5) is 4.56. The van der Waals surface area contributed by atoms with Gasteiger partial charge >= 0.3 is 0 Å². The number of para-hydroxylation sites is 2. The summed E-state index contributed by atoms with van der Waals surface area (Å²) in [6.07, 6.45) is 0.455. The average Bonchev–Trinajstić information content (AvgIpc) is 2.75. The van der Waals surface area contributed by atoms with Crippen molar-refractivity contribution in [3.63, 3.8) is 0 Å². The predicted molar refractivity (Wildman–Crippen MR) is 76.0 cm³/mol. The Bertz CT molecular complexity index is 536. The van der Waals surface area contributed by atoms with Crippen LogP contribution in [-0.2, 0) is 13.0 Å². The summed E-state index contributed by atoms with van der Waals surface area (Å²) in [5.41, 5.74) is 2.02. The Morgan fingerprint density at radius 2 is 1.89 bits per heavy atom. The summed E-state index contributed by atoms with van der Waals surface area (Å²) >= 11 is 0. The minimum atomic E-state index is -0.748. The third kappa shape index (κ3) is 2.96. The monoisotopic (exact) mass is 262 g/mol. The van der Waals surface area contributed by atoms with Gasteiger partial charge in [0.15, 0.2) is 0 Å². The van der Waals surface area contributed by atoms with Crippen molar-refractivity contribution < 1.29 is 10.2 Å². The lowest BCUT2D eigenvalue weighted by Crippen LogP contribution is -2.29. The van der Waals surface area contributed by atoms with Crippen LogP contribution in [0.3, 0.4) is 0 Å². The summed E-state index contributed by atoms with van der Waals surface area (Å²) in [5, 5.41) is 19.9. The van der Waals surface area contributed by atoms with Crippen molar-refractivity contribution in [3.8, 4) is 0 Å². The number of aliphatic hydroxyl groups excluding tert-OH is 2. The molecule has 0 radical (unpaired) electrons. The van der Waals surface area contributed by atoms with E-state index in [9.17, 15) is 10.2 Å².